The molecule has 0 amide bonds. The summed E-state index contributed by atoms with van der Waals surface area (Å²) in [6.07, 6.45) is 2.05. The van der Waals surface area contributed by atoms with E-state index in [-0.39, 0.29) is 0 Å². The van der Waals surface area contributed by atoms with E-state index < -0.39 is 0 Å². The first kappa shape index (κ1) is 13.5. The molecule has 0 aliphatic carbocycles. The van der Waals surface area contributed by atoms with Gasteiger partial charge in [0.05, 0.1) is 6.61 Å². The van der Waals surface area contributed by atoms with Gasteiger partial charge in [0, 0.05) is 12.2 Å². The molecule has 0 saturated carbocycles. The van der Waals surface area contributed by atoms with E-state index in [2.05, 4.69) is 36.5 Å². The van der Waals surface area contributed by atoms with Crippen LogP contribution in [0.25, 0.3) is 0 Å². The molecule has 2 nitrogen and oxygen atoms in total. The lowest BCUT2D eigenvalue weighted by Crippen LogP contribution is -2.08. The van der Waals surface area contributed by atoms with Gasteiger partial charge in [0.2, 0.25) is 0 Å². The first-order chi connectivity index (χ1) is 9.40. The van der Waals surface area contributed by atoms with Crippen molar-refractivity contribution < 1.29 is 4.74 Å². The molecule has 0 aliphatic rings. The number of hydrogen-bond donors (Lipinski definition) is 1. The largest absolute Gasteiger partial charge is 0.494 e. The Morgan fingerprint density at radius 3 is 2.47 bits per heavy atom. The van der Waals surface area contributed by atoms with E-state index in [0.29, 0.717) is 0 Å². The molecule has 0 fully saturated rings. The van der Waals surface area contributed by atoms with Gasteiger partial charge in [-0.05, 0) is 36.6 Å². The van der Waals surface area contributed by atoms with Crippen molar-refractivity contribution in [3.8, 4) is 5.75 Å². The van der Waals surface area contributed by atoms with Gasteiger partial charge in [-0.25, -0.2) is 0 Å². The zero-order valence-electron chi connectivity index (χ0n) is 11.4. The van der Waals surface area contributed by atoms with Crippen LogP contribution in [-0.2, 0) is 6.42 Å². The molecular formula is C17H21NO. The van der Waals surface area contributed by atoms with E-state index in [0.717, 1.165) is 31.7 Å². The molecule has 2 rings (SSSR count). The van der Waals surface area contributed by atoms with E-state index in [1.54, 1.807) is 0 Å². The van der Waals surface area contributed by atoms with E-state index in [1.165, 1.54) is 11.3 Å². The zero-order valence-corrected chi connectivity index (χ0v) is 11.4. The van der Waals surface area contributed by atoms with Gasteiger partial charge in [-0.1, -0.05) is 43.3 Å². The highest BCUT2D eigenvalue weighted by atomic mass is 16.5. The number of ether oxygens (including phenoxy) is 1. The molecule has 0 unspecified atom stereocenters. The first-order valence-corrected chi connectivity index (χ1v) is 6.90. The van der Waals surface area contributed by atoms with Crippen LogP contribution in [0.5, 0.6) is 5.75 Å². The van der Waals surface area contributed by atoms with Gasteiger partial charge in [0.1, 0.15) is 5.75 Å². The van der Waals surface area contributed by atoms with Crippen molar-refractivity contribution in [3.63, 3.8) is 0 Å². The van der Waals surface area contributed by atoms with Crippen LogP contribution in [0, 0.1) is 0 Å². The summed E-state index contributed by atoms with van der Waals surface area (Å²) in [5.41, 5.74) is 2.61. The van der Waals surface area contributed by atoms with Gasteiger partial charge in [0.15, 0.2) is 0 Å². The summed E-state index contributed by atoms with van der Waals surface area (Å²) >= 11 is 0. The predicted molar refractivity (Wildman–Crippen MR) is 80.9 cm³/mol. The summed E-state index contributed by atoms with van der Waals surface area (Å²) in [4.78, 5) is 0. The summed E-state index contributed by atoms with van der Waals surface area (Å²) in [5, 5.41) is 3.47. The molecule has 1 N–H and O–H groups in total. The van der Waals surface area contributed by atoms with Gasteiger partial charge >= 0.3 is 0 Å². The average Bonchev–Trinajstić information content (AvgIpc) is 2.48. The second-order valence-electron chi connectivity index (χ2n) is 4.45. The predicted octanol–water partition coefficient (Wildman–Crippen LogP) is 4.13. The van der Waals surface area contributed by atoms with Crippen LogP contribution in [-0.4, -0.2) is 13.2 Å². The number of hydrogen-bond acceptors (Lipinski definition) is 2. The third-order valence-corrected chi connectivity index (χ3v) is 3.05. The Kier molecular flexibility index (Phi) is 5.30. The molecule has 0 radical (unpaired) electrons. The number of benzene rings is 2. The smallest absolute Gasteiger partial charge is 0.119 e. The minimum Gasteiger partial charge on any atom is -0.494 e. The van der Waals surface area contributed by atoms with Gasteiger partial charge in [-0.3, -0.25) is 0 Å². The standard InChI is InChI=1S/C17H21NO/c1-2-15-9-6-7-12-17(15)18-13-8-14-19-16-10-4-3-5-11-16/h3-7,9-12,18H,2,8,13-14H2,1H3. The minimum atomic E-state index is 0.741. The molecule has 0 heterocycles. The molecule has 2 aromatic rings. The fraction of sp³-hybridized carbons (Fsp3) is 0.294. The number of aryl methyl sites for hydroxylation is 1. The third kappa shape index (κ3) is 4.32. The van der Waals surface area contributed by atoms with Crippen molar-refractivity contribution >= 4 is 5.69 Å². The van der Waals surface area contributed by atoms with Gasteiger partial charge < -0.3 is 10.1 Å². The maximum atomic E-state index is 5.66. The van der Waals surface area contributed by atoms with Gasteiger partial charge in [-0.2, -0.15) is 0 Å². The van der Waals surface area contributed by atoms with E-state index in [4.69, 9.17) is 4.74 Å². The molecule has 2 aromatic carbocycles. The van der Waals surface area contributed by atoms with Gasteiger partial charge in [-0.15, -0.1) is 0 Å². The summed E-state index contributed by atoms with van der Waals surface area (Å²) in [7, 11) is 0. The summed E-state index contributed by atoms with van der Waals surface area (Å²) < 4.78 is 5.66. The molecule has 0 saturated heterocycles. The Bertz CT molecular complexity index is 482. The first-order valence-electron chi connectivity index (χ1n) is 6.90. The molecule has 0 spiro atoms. The van der Waals surface area contributed by atoms with Crippen LogP contribution < -0.4 is 10.1 Å². The van der Waals surface area contributed by atoms with E-state index in [1.807, 2.05) is 30.3 Å². The molecule has 0 aliphatic heterocycles. The Hall–Kier alpha value is -1.96. The Labute approximate surface area is 115 Å². The van der Waals surface area contributed by atoms with Crippen LogP contribution in [0.15, 0.2) is 54.6 Å². The van der Waals surface area contributed by atoms with Crippen molar-refractivity contribution in [2.24, 2.45) is 0 Å². The van der Waals surface area contributed by atoms with Crippen molar-refractivity contribution in [2.45, 2.75) is 19.8 Å². The van der Waals surface area contributed by atoms with Crippen LogP contribution >= 0.6 is 0 Å². The average molecular weight is 255 g/mol. The molecule has 0 bridgehead atoms. The van der Waals surface area contributed by atoms with E-state index >= 15 is 0 Å². The molecule has 0 aromatic heterocycles. The summed E-state index contributed by atoms with van der Waals surface area (Å²) in [6, 6.07) is 18.4. The van der Waals surface area contributed by atoms with Crippen molar-refractivity contribution in [1.82, 2.24) is 0 Å². The Morgan fingerprint density at radius 1 is 0.947 bits per heavy atom. The second-order valence-corrected chi connectivity index (χ2v) is 4.45. The molecular weight excluding hydrogens is 234 g/mol. The van der Waals surface area contributed by atoms with Gasteiger partial charge in [0.25, 0.3) is 0 Å². The van der Waals surface area contributed by atoms with Crippen molar-refractivity contribution in [3.05, 3.63) is 60.2 Å². The zero-order chi connectivity index (χ0) is 13.3. The molecule has 2 heteroatoms. The van der Waals surface area contributed by atoms with Crippen LogP contribution in [0.3, 0.4) is 0 Å². The monoisotopic (exact) mass is 255 g/mol. The second kappa shape index (κ2) is 7.47. The fourth-order valence-corrected chi connectivity index (χ4v) is 2.00. The highest BCUT2D eigenvalue weighted by molar-refractivity contribution is 5.50. The van der Waals surface area contributed by atoms with Crippen molar-refractivity contribution in [1.29, 1.82) is 0 Å². The highest BCUT2D eigenvalue weighted by Gasteiger charge is 1.98. The Morgan fingerprint density at radius 2 is 1.68 bits per heavy atom. The summed E-state index contributed by atoms with van der Waals surface area (Å²) in [6.45, 7) is 3.86. The quantitative estimate of drug-likeness (QED) is 0.751. The normalized spacial score (nSPS) is 10.2. The summed E-state index contributed by atoms with van der Waals surface area (Å²) in [5.74, 6) is 0.941. The number of rotatable bonds is 7. The highest BCUT2D eigenvalue weighted by Crippen LogP contribution is 2.15. The number of nitrogens with one attached hydrogen (secondary N) is 1. The maximum Gasteiger partial charge on any atom is 0.119 e. The lowest BCUT2D eigenvalue weighted by molar-refractivity contribution is 0.315. The molecule has 0 atom stereocenters. The molecule has 19 heavy (non-hydrogen) atoms. The van der Waals surface area contributed by atoms with E-state index in [9.17, 15) is 0 Å². The SMILES string of the molecule is CCc1ccccc1NCCCOc1ccccc1. The topological polar surface area (TPSA) is 21.3 Å². The third-order valence-electron chi connectivity index (χ3n) is 3.05. The molecule has 100 valence electrons. The number of para-hydroxylation sites is 2. The number of anilines is 1. The lowest BCUT2D eigenvalue weighted by atomic mass is 10.1. The minimum absolute atomic E-state index is 0.741. The van der Waals surface area contributed by atoms with Crippen molar-refractivity contribution in [2.75, 3.05) is 18.5 Å². The lowest BCUT2D eigenvalue weighted by Gasteiger charge is -2.11. The fourth-order valence-electron chi connectivity index (χ4n) is 2.00. The van der Waals surface area contributed by atoms with Crippen LogP contribution in [0.1, 0.15) is 18.9 Å². The maximum absolute atomic E-state index is 5.66. The van der Waals surface area contributed by atoms with Crippen LogP contribution in [0.2, 0.25) is 0 Å². The Balaban J connectivity index is 1.69. The van der Waals surface area contributed by atoms with Crippen LogP contribution in [0.4, 0.5) is 5.69 Å².